The fourth-order valence-corrected chi connectivity index (χ4v) is 3.06. The molecule has 0 radical (unpaired) electrons. The van der Waals surface area contributed by atoms with Crippen LogP contribution in [0.4, 0.5) is 0 Å². The number of furan rings is 1. The molecule has 1 heterocycles. The van der Waals surface area contributed by atoms with E-state index in [0.717, 1.165) is 0 Å². The summed E-state index contributed by atoms with van der Waals surface area (Å²) in [5, 5.41) is 12.7. The van der Waals surface area contributed by atoms with Crippen molar-refractivity contribution in [1.82, 2.24) is 5.32 Å². The van der Waals surface area contributed by atoms with Crippen molar-refractivity contribution in [2.24, 2.45) is 0 Å². The molecule has 1 N–H and O–H groups in total. The lowest BCUT2D eigenvalue weighted by atomic mass is 10.1. The molecule has 10 heteroatoms. The molecule has 3 aromatic rings. The number of ether oxygens (including phenoxy) is 3. The van der Waals surface area contributed by atoms with E-state index in [4.69, 9.17) is 41.8 Å². The second kappa shape index (κ2) is 11.8. The molecule has 0 saturated carbocycles. The zero-order valence-electron chi connectivity index (χ0n) is 17.8. The number of methoxy groups -OCH3 is 1. The van der Waals surface area contributed by atoms with E-state index in [1.54, 1.807) is 30.3 Å². The minimum Gasteiger partial charge on any atom is -0.493 e. The van der Waals surface area contributed by atoms with E-state index in [0.29, 0.717) is 21.4 Å². The number of carbonyl (C=O) groups is 2. The average Bonchev–Trinajstić information content (AvgIpc) is 3.36. The first-order valence-electron chi connectivity index (χ1n) is 9.78. The predicted octanol–water partition coefficient (Wildman–Crippen LogP) is 4.80. The molecular weight excluding hydrogens is 483 g/mol. The first-order valence-corrected chi connectivity index (χ1v) is 10.5. The van der Waals surface area contributed by atoms with E-state index in [2.05, 4.69) is 5.32 Å². The molecule has 0 aliphatic heterocycles. The standard InChI is InChI=1S/C24H18Cl2N2O6/c1-31-22-10-15(9-16(12-27)24(30)28-13-18-3-2-8-32-18)4-7-20(22)34-23(29)14-33-21-11-17(25)5-6-19(21)26/h2-11H,13-14H2,1H3,(H,28,30)/b16-9+. The smallest absolute Gasteiger partial charge is 0.349 e. The Morgan fingerprint density at radius 2 is 1.94 bits per heavy atom. The van der Waals surface area contributed by atoms with Gasteiger partial charge in [0, 0.05) is 11.1 Å². The van der Waals surface area contributed by atoms with Gasteiger partial charge in [-0.3, -0.25) is 4.79 Å². The van der Waals surface area contributed by atoms with Crippen molar-refractivity contribution in [3.05, 3.63) is 81.7 Å². The zero-order valence-corrected chi connectivity index (χ0v) is 19.4. The first-order chi connectivity index (χ1) is 16.4. The van der Waals surface area contributed by atoms with Gasteiger partial charge in [0.25, 0.3) is 5.91 Å². The van der Waals surface area contributed by atoms with Crippen molar-refractivity contribution < 1.29 is 28.2 Å². The van der Waals surface area contributed by atoms with Crippen molar-refractivity contribution in [3.8, 4) is 23.3 Å². The minimum atomic E-state index is -0.701. The third-order valence-electron chi connectivity index (χ3n) is 4.33. The largest absolute Gasteiger partial charge is 0.493 e. The van der Waals surface area contributed by atoms with Gasteiger partial charge >= 0.3 is 5.97 Å². The number of benzene rings is 2. The highest BCUT2D eigenvalue weighted by Gasteiger charge is 2.14. The Morgan fingerprint density at radius 1 is 1.12 bits per heavy atom. The summed E-state index contributed by atoms with van der Waals surface area (Å²) in [5.74, 6) is -0.117. The summed E-state index contributed by atoms with van der Waals surface area (Å²) in [7, 11) is 1.39. The third-order valence-corrected chi connectivity index (χ3v) is 4.88. The predicted molar refractivity (Wildman–Crippen MR) is 125 cm³/mol. The van der Waals surface area contributed by atoms with Crippen LogP contribution in [0.3, 0.4) is 0 Å². The summed E-state index contributed by atoms with van der Waals surface area (Å²) in [6.45, 7) is -0.273. The number of esters is 1. The summed E-state index contributed by atoms with van der Waals surface area (Å²) in [6, 6.07) is 14.5. The highest BCUT2D eigenvalue weighted by molar-refractivity contribution is 6.34. The van der Waals surface area contributed by atoms with Crippen molar-refractivity contribution in [1.29, 1.82) is 5.26 Å². The van der Waals surface area contributed by atoms with E-state index in [1.807, 2.05) is 6.07 Å². The van der Waals surface area contributed by atoms with Crippen molar-refractivity contribution in [2.75, 3.05) is 13.7 Å². The lowest BCUT2D eigenvalue weighted by Gasteiger charge is -2.11. The van der Waals surface area contributed by atoms with Crippen LogP contribution in [-0.2, 0) is 16.1 Å². The molecule has 0 spiro atoms. The molecule has 0 unspecified atom stereocenters. The zero-order chi connectivity index (χ0) is 24.5. The number of hydrogen-bond acceptors (Lipinski definition) is 7. The third kappa shape index (κ3) is 6.78. The van der Waals surface area contributed by atoms with Crippen molar-refractivity contribution >= 4 is 41.2 Å². The minimum absolute atomic E-state index is 0.120. The average molecular weight is 501 g/mol. The molecule has 174 valence electrons. The van der Waals surface area contributed by atoms with Gasteiger partial charge in [-0.25, -0.2) is 4.79 Å². The van der Waals surface area contributed by atoms with Gasteiger partial charge in [-0.2, -0.15) is 5.26 Å². The van der Waals surface area contributed by atoms with Gasteiger partial charge < -0.3 is 23.9 Å². The van der Waals surface area contributed by atoms with Gasteiger partial charge in [-0.1, -0.05) is 29.3 Å². The number of halogens is 2. The van der Waals surface area contributed by atoms with Gasteiger partial charge in [0.15, 0.2) is 18.1 Å². The monoisotopic (exact) mass is 500 g/mol. The summed E-state index contributed by atoms with van der Waals surface area (Å²) in [5.41, 5.74) is 0.369. The number of nitrogens with zero attached hydrogens (tertiary/aromatic N) is 1. The maximum atomic E-state index is 12.3. The summed E-state index contributed by atoms with van der Waals surface area (Å²) in [4.78, 5) is 24.5. The summed E-state index contributed by atoms with van der Waals surface area (Å²) >= 11 is 11.9. The maximum Gasteiger partial charge on any atom is 0.349 e. The number of nitriles is 1. The van der Waals surface area contributed by atoms with Crippen LogP contribution >= 0.6 is 23.2 Å². The van der Waals surface area contributed by atoms with Gasteiger partial charge in [-0.05, 0) is 48.0 Å². The molecule has 0 aliphatic rings. The number of hydrogen-bond donors (Lipinski definition) is 1. The fraction of sp³-hybridized carbons (Fsp3) is 0.125. The van der Waals surface area contributed by atoms with Crippen LogP contribution in [0.2, 0.25) is 10.0 Å². The highest BCUT2D eigenvalue weighted by Crippen LogP contribution is 2.30. The second-order valence-electron chi connectivity index (χ2n) is 6.68. The lowest BCUT2D eigenvalue weighted by Crippen LogP contribution is -2.23. The Morgan fingerprint density at radius 3 is 2.65 bits per heavy atom. The van der Waals surface area contributed by atoms with E-state index in [-0.39, 0.29) is 29.4 Å². The SMILES string of the molecule is COc1cc(/C=C(\C#N)C(=O)NCc2ccco2)ccc1OC(=O)COc1cc(Cl)ccc1Cl. The number of rotatable bonds is 9. The van der Waals surface area contributed by atoms with Gasteiger partial charge in [0.1, 0.15) is 23.2 Å². The molecule has 1 amide bonds. The van der Waals surface area contributed by atoms with Crippen LogP contribution in [-0.4, -0.2) is 25.6 Å². The second-order valence-corrected chi connectivity index (χ2v) is 7.52. The van der Waals surface area contributed by atoms with Crippen LogP contribution in [0, 0.1) is 11.3 Å². The molecule has 3 rings (SSSR count). The van der Waals surface area contributed by atoms with E-state index in [1.165, 1.54) is 37.6 Å². The first kappa shape index (κ1) is 24.7. The molecule has 0 bridgehead atoms. The Kier molecular flexibility index (Phi) is 8.57. The van der Waals surface area contributed by atoms with Crippen LogP contribution < -0.4 is 19.5 Å². The van der Waals surface area contributed by atoms with Crippen LogP contribution in [0.25, 0.3) is 6.08 Å². The number of carbonyl (C=O) groups excluding carboxylic acids is 2. The molecule has 1 aromatic heterocycles. The van der Waals surface area contributed by atoms with E-state index in [9.17, 15) is 14.9 Å². The molecule has 0 saturated heterocycles. The van der Waals surface area contributed by atoms with E-state index >= 15 is 0 Å². The molecule has 8 nitrogen and oxygen atoms in total. The van der Waals surface area contributed by atoms with Gasteiger partial charge in [0.05, 0.1) is 24.9 Å². The lowest BCUT2D eigenvalue weighted by molar-refractivity contribution is -0.136. The molecular formula is C24H18Cl2N2O6. The maximum absolute atomic E-state index is 12.3. The normalized spacial score (nSPS) is 10.8. The Labute approximate surface area is 205 Å². The number of nitrogens with one attached hydrogen (secondary N) is 1. The van der Waals surface area contributed by atoms with Gasteiger partial charge in [0.2, 0.25) is 0 Å². The number of amides is 1. The van der Waals surface area contributed by atoms with Crippen LogP contribution in [0.1, 0.15) is 11.3 Å². The Bertz CT molecular complexity index is 1250. The molecule has 0 atom stereocenters. The van der Waals surface area contributed by atoms with Crippen molar-refractivity contribution in [3.63, 3.8) is 0 Å². The van der Waals surface area contributed by atoms with Gasteiger partial charge in [-0.15, -0.1) is 0 Å². The molecule has 0 fully saturated rings. The quantitative estimate of drug-likeness (QED) is 0.194. The Hall–Kier alpha value is -3.93. The van der Waals surface area contributed by atoms with Crippen LogP contribution in [0.5, 0.6) is 17.2 Å². The topological polar surface area (TPSA) is 111 Å². The van der Waals surface area contributed by atoms with E-state index < -0.39 is 18.5 Å². The van der Waals surface area contributed by atoms with Crippen molar-refractivity contribution in [2.45, 2.75) is 6.54 Å². The Balaban J connectivity index is 1.65. The molecule has 34 heavy (non-hydrogen) atoms. The summed E-state index contributed by atoms with van der Waals surface area (Å²) in [6.07, 6.45) is 2.87. The molecule has 2 aromatic carbocycles. The highest BCUT2D eigenvalue weighted by atomic mass is 35.5. The summed E-state index contributed by atoms with van der Waals surface area (Å²) < 4.78 is 21.1. The van der Waals surface area contributed by atoms with Crippen LogP contribution in [0.15, 0.2) is 64.8 Å². The fourth-order valence-electron chi connectivity index (χ4n) is 2.73. The molecule has 0 aliphatic carbocycles.